The Balaban J connectivity index is 2.20. The molecule has 1 aromatic rings. The zero-order valence-electron chi connectivity index (χ0n) is 10.7. The van der Waals surface area contributed by atoms with Gasteiger partial charge >= 0.3 is 0 Å². The van der Waals surface area contributed by atoms with E-state index in [2.05, 4.69) is 29.2 Å². The van der Waals surface area contributed by atoms with Crippen molar-refractivity contribution in [2.75, 3.05) is 5.43 Å². The minimum Gasteiger partial charge on any atom is -0.308 e. The van der Waals surface area contributed by atoms with Gasteiger partial charge in [-0.15, -0.1) is 0 Å². The Morgan fingerprint density at radius 1 is 1.35 bits per heavy atom. The van der Waals surface area contributed by atoms with Crippen LogP contribution in [0.3, 0.4) is 0 Å². The van der Waals surface area contributed by atoms with E-state index in [0.717, 1.165) is 29.7 Å². The van der Waals surface area contributed by atoms with E-state index in [9.17, 15) is 0 Å². The molecule has 0 aromatic carbocycles. The molecule has 0 amide bonds. The van der Waals surface area contributed by atoms with E-state index in [0.29, 0.717) is 5.92 Å². The van der Waals surface area contributed by atoms with Crippen LogP contribution >= 0.6 is 0 Å². The summed E-state index contributed by atoms with van der Waals surface area (Å²) >= 11 is 0. The molecular formula is C13H22N4. The van der Waals surface area contributed by atoms with Gasteiger partial charge in [0, 0.05) is 17.7 Å². The number of nitrogen functional groups attached to an aromatic ring is 1. The quantitative estimate of drug-likeness (QED) is 0.621. The van der Waals surface area contributed by atoms with Crippen molar-refractivity contribution >= 4 is 5.82 Å². The third-order valence-corrected chi connectivity index (χ3v) is 3.79. The molecule has 17 heavy (non-hydrogen) atoms. The van der Waals surface area contributed by atoms with E-state index < -0.39 is 0 Å². The number of aryl methyl sites for hydroxylation is 1. The van der Waals surface area contributed by atoms with Gasteiger partial charge in [-0.3, -0.25) is 0 Å². The normalized spacial score (nSPS) is 23.9. The Bertz CT molecular complexity index is 355. The lowest BCUT2D eigenvalue weighted by Gasteiger charge is -2.12. The van der Waals surface area contributed by atoms with E-state index in [1.165, 1.54) is 25.7 Å². The van der Waals surface area contributed by atoms with Crippen LogP contribution in [-0.4, -0.2) is 9.97 Å². The molecule has 94 valence electrons. The topological polar surface area (TPSA) is 63.8 Å². The van der Waals surface area contributed by atoms with Crippen molar-refractivity contribution in [3.8, 4) is 0 Å². The van der Waals surface area contributed by atoms with Gasteiger partial charge < -0.3 is 5.43 Å². The second kappa shape index (κ2) is 5.45. The lowest BCUT2D eigenvalue weighted by molar-refractivity contribution is 0.516. The molecule has 2 rings (SSSR count). The summed E-state index contributed by atoms with van der Waals surface area (Å²) in [5.74, 6) is 8.55. The molecular weight excluding hydrogens is 212 g/mol. The highest BCUT2D eigenvalue weighted by atomic mass is 15.3. The number of nitrogens with two attached hydrogens (primary N) is 1. The Hall–Kier alpha value is -1.16. The molecule has 0 bridgehead atoms. The number of hydrazine groups is 1. The SMILES string of the molecule is CCc1cc(NN)nc(C2CCC(CC)C2)n1. The van der Waals surface area contributed by atoms with Crippen LogP contribution in [0.25, 0.3) is 0 Å². The van der Waals surface area contributed by atoms with Gasteiger partial charge in [0.05, 0.1) is 0 Å². The largest absolute Gasteiger partial charge is 0.308 e. The summed E-state index contributed by atoms with van der Waals surface area (Å²) in [6.07, 6.45) is 5.95. The summed E-state index contributed by atoms with van der Waals surface area (Å²) in [5, 5.41) is 0. The molecule has 0 saturated heterocycles. The predicted octanol–water partition coefficient (Wildman–Crippen LogP) is 2.62. The second-order valence-electron chi connectivity index (χ2n) is 4.88. The number of anilines is 1. The first-order valence-electron chi connectivity index (χ1n) is 6.61. The number of hydrogen-bond donors (Lipinski definition) is 2. The lowest BCUT2D eigenvalue weighted by Crippen LogP contribution is -2.13. The molecule has 0 spiro atoms. The van der Waals surface area contributed by atoms with Crippen LogP contribution in [0.5, 0.6) is 0 Å². The fourth-order valence-electron chi connectivity index (χ4n) is 2.64. The van der Waals surface area contributed by atoms with Crippen molar-refractivity contribution in [2.24, 2.45) is 11.8 Å². The van der Waals surface area contributed by atoms with Gasteiger partial charge in [-0.2, -0.15) is 0 Å². The van der Waals surface area contributed by atoms with Gasteiger partial charge in [-0.1, -0.05) is 20.3 Å². The number of aromatic nitrogens is 2. The molecule has 1 aromatic heterocycles. The van der Waals surface area contributed by atoms with Crippen LogP contribution < -0.4 is 11.3 Å². The molecule has 0 radical (unpaired) electrons. The molecule has 1 saturated carbocycles. The number of nitrogens with one attached hydrogen (secondary N) is 1. The van der Waals surface area contributed by atoms with Crippen LogP contribution in [0, 0.1) is 5.92 Å². The highest BCUT2D eigenvalue weighted by Gasteiger charge is 2.27. The average Bonchev–Trinajstić information content (AvgIpc) is 2.86. The fraction of sp³-hybridized carbons (Fsp3) is 0.692. The van der Waals surface area contributed by atoms with E-state index in [1.807, 2.05) is 6.07 Å². The van der Waals surface area contributed by atoms with Crippen molar-refractivity contribution in [2.45, 2.75) is 51.9 Å². The molecule has 0 aliphatic heterocycles. The fourth-order valence-corrected chi connectivity index (χ4v) is 2.64. The zero-order valence-corrected chi connectivity index (χ0v) is 10.7. The molecule has 4 heteroatoms. The first kappa shape index (κ1) is 12.3. The van der Waals surface area contributed by atoms with Gasteiger partial charge in [0.15, 0.2) is 0 Å². The monoisotopic (exact) mass is 234 g/mol. The average molecular weight is 234 g/mol. The van der Waals surface area contributed by atoms with E-state index >= 15 is 0 Å². The highest BCUT2D eigenvalue weighted by Crippen LogP contribution is 2.38. The van der Waals surface area contributed by atoms with Crippen LogP contribution in [0.4, 0.5) is 5.82 Å². The molecule has 4 nitrogen and oxygen atoms in total. The standard InChI is InChI=1S/C13H22N4/c1-3-9-5-6-10(7-9)13-15-11(4-2)8-12(16-13)17-14/h8-10H,3-7,14H2,1-2H3,(H,15,16,17). The number of nitrogens with zero attached hydrogens (tertiary/aromatic N) is 2. The van der Waals surface area contributed by atoms with Crippen LogP contribution in [-0.2, 0) is 6.42 Å². The number of rotatable bonds is 4. The molecule has 1 aliphatic carbocycles. The minimum absolute atomic E-state index is 0.526. The minimum atomic E-state index is 0.526. The van der Waals surface area contributed by atoms with Crippen LogP contribution in [0.1, 0.15) is 57.0 Å². The molecule has 3 N–H and O–H groups in total. The zero-order chi connectivity index (χ0) is 12.3. The molecule has 1 aliphatic rings. The van der Waals surface area contributed by atoms with Gasteiger partial charge in [-0.05, 0) is 31.6 Å². The Morgan fingerprint density at radius 3 is 2.76 bits per heavy atom. The summed E-state index contributed by atoms with van der Waals surface area (Å²) in [5.41, 5.74) is 3.71. The number of hydrogen-bond acceptors (Lipinski definition) is 4. The third kappa shape index (κ3) is 2.75. The molecule has 2 atom stereocenters. The van der Waals surface area contributed by atoms with E-state index in [4.69, 9.17) is 5.84 Å². The lowest BCUT2D eigenvalue weighted by atomic mass is 10.0. The van der Waals surface area contributed by atoms with Crippen LogP contribution in [0.15, 0.2) is 6.07 Å². The summed E-state index contributed by atoms with van der Waals surface area (Å²) in [6.45, 7) is 4.37. The van der Waals surface area contributed by atoms with E-state index in [-0.39, 0.29) is 0 Å². The molecule has 1 heterocycles. The third-order valence-electron chi connectivity index (χ3n) is 3.79. The maximum atomic E-state index is 5.45. The predicted molar refractivity (Wildman–Crippen MR) is 69.6 cm³/mol. The van der Waals surface area contributed by atoms with Crippen molar-refractivity contribution in [3.05, 3.63) is 17.6 Å². The second-order valence-corrected chi connectivity index (χ2v) is 4.88. The molecule has 2 unspecified atom stereocenters. The van der Waals surface area contributed by atoms with Crippen molar-refractivity contribution in [3.63, 3.8) is 0 Å². The maximum absolute atomic E-state index is 5.45. The highest BCUT2D eigenvalue weighted by molar-refractivity contribution is 5.35. The van der Waals surface area contributed by atoms with Gasteiger partial charge in [-0.25, -0.2) is 15.8 Å². The van der Waals surface area contributed by atoms with Crippen molar-refractivity contribution < 1.29 is 0 Å². The Morgan fingerprint density at radius 2 is 2.18 bits per heavy atom. The first-order chi connectivity index (χ1) is 8.26. The Labute approximate surface area is 103 Å². The van der Waals surface area contributed by atoms with Crippen molar-refractivity contribution in [1.82, 2.24) is 9.97 Å². The first-order valence-corrected chi connectivity index (χ1v) is 6.61. The van der Waals surface area contributed by atoms with Gasteiger partial charge in [0.2, 0.25) is 0 Å². The van der Waals surface area contributed by atoms with Crippen molar-refractivity contribution in [1.29, 1.82) is 0 Å². The van der Waals surface area contributed by atoms with E-state index in [1.54, 1.807) is 0 Å². The summed E-state index contributed by atoms with van der Waals surface area (Å²) in [7, 11) is 0. The van der Waals surface area contributed by atoms with Crippen LogP contribution in [0.2, 0.25) is 0 Å². The molecule has 1 fully saturated rings. The summed E-state index contributed by atoms with van der Waals surface area (Å²) in [6, 6.07) is 1.93. The summed E-state index contributed by atoms with van der Waals surface area (Å²) in [4.78, 5) is 9.15. The summed E-state index contributed by atoms with van der Waals surface area (Å²) < 4.78 is 0. The Kier molecular flexibility index (Phi) is 3.94. The van der Waals surface area contributed by atoms with Gasteiger partial charge in [0.25, 0.3) is 0 Å². The maximum Gasteiger partial charge on any atom is 0.143 e. The smallest absolute Gasteiger partial charge is 0.143 e. The van der Waals surface area contributed by atoms with Gasteiger partial charge in [0.1, 0.15) is 11.6 Å².